The summed E-state index contributed by atoms with van der Waals surface area (Å²) >= 11 is 3.00. The zero-order valence-corrected chi connectivity index (χ0v) is 16.2. The van der Waals surface area contributed by atoms with Gasteiger partial charge >= 0.3 is 12.3 Å². The Morgan fingerprint density at radius 1 is 1.31 bits per heavy atom. The zero-order chi connectivity index (χ0) is 19.5. The number of carbonyl (C=O) groups excluding carboxylic acids is 1. The van der Waals surface area contributed by atoms with Crippen LogP contribution in [0.4, 0.5) is 13.2 Å². The molecule has 0 saturated carbocycles. The highest BCUT2D eigenvalue weighted by Crippen LogP contribution is 2.35. The van der Waals surface area contributed by atoms with Crippen molar-refractivity contribution < 1.29 is 35.9 Å². The summed E-state index contributed by atoms with van der Waals surface area (Å²) in [6, 6.07) is 3.32. The second kappa shape index (κ2) is 8.13. The SMILES string of the molecule is CCOC(=O)C1CCN(S(=O)(=O)c2ccc(Br)cc2OC(F)(F)F)CC1. The number of piperidine rings is 1. The summed E-state index contributed by atoms with van der Waals surface area (Å²) in [6.45, 7) is 1.92. The zero-order valence-electron chi connectivity index (χ0n) is 13.8. The van der Waals surface area contributed by atoms with Crippen molar-refractivity contribution >= 4 is 31.9 Å². The van der Waals surface area contributed by atoms with Gasteiger partial charge < -0.3 is 9.47 Å². The molecule has 1 aliphatic heterocycles. The van der Waals surface area contributed by atoms with E-state index in [1.807, 2.05) is 0 Å². The molecule has 0 aliphatic carbocycles. The minimum atomic E-state index is -5.03. The number of hydrogen-bond donors (Lipinski definition) is 0. The van der Waals surface area contributed by atoms with Crippen LogP contribution < -0.4 is 4.74 Å². The van der Waals surface area contributed by atoms with Crippen molar-refractivity contribution in [3.63, 3.8) is 0 Å². The number of hydrogen-bond acceptors (Lipinski definition) is 5. The molecule has 1 aromatic carbocycles. The van der Waals surface area contributed by atoms with Gasteiger partial charge in [-0.25, -0.2) is 8.42 Å². The molecule has 2 rings (SSSR count). The van der Waals surface area contributed by atoms with Gasteiger partial charge in [-0.3, -0.25) is 4.79 Å². The lowest BCUT2D eigenvalue weighted by Crippen LogP contribution is -2.40. The fraction of sp³-hybridized carbons (Fsp3) is 0.533. The molecule has 146 valence electrons. The summed E-state index contributed by atoms with van der Waals surface area (Å²) in [5.74, 6) is -1.62. The van der Waals surface area contributed by atoms with Gasteiger partial charge in [-0.1, -0.05) is 15.9 Å². The van der Waals surface area contributed by atoms with Crippen LogP contribution in [0.25, 0.3) is 0 Å². The first-order valence-corrected chi connectivity index (χ1v) is 10.00. The molecule has 11 heteroatoms. The van der Waals surface area contributed by atoms with E-state index in [0.717, 1.165) is 16.4 Å². The Balaban J connectivity index is 2.22. The highest BCUT2D eigenvalue weighted by Gasteiger charge is 2.37. The van der Waals surface area contributed by atoms with Crippen LogP contribution in [0.2, 0.25) is 0 Å². The molecule has 0 atom stereocenters. The molecule has 6 nitrogen and oxygen atoms in total. The summed E-state index contributed by atoms with van der Waals surface area (Å²) in [4.78, 5) is 11.2. The number of rotatable bonds is 5. The summed E-state index contributed by atoms with van der Waals surface area (Å²) < 4.78 is 73.4. The lowest BCUT2D eigenvalue weighted by Gasteiger charge is -2.30. The van der Waals surface area contributed by atoms with Crippen molar-refractivity contribution in [1.82, 2.24) is 4.31 Å². The number of sulfonamides is 1. The first kappa shape index (κ1) is 21.0. The minimum absolute atomic E-state index is 0.00728. The van der Waals surface area contributed by atoms with Gasteiger partial charge in [0.15, 0.2) is 5.75 Å². The summed E-state index contributed by atoms with van der Waals surface area (Å²) in [5, 5.41) is 0. The monoisotopic (exact) mass is 459 g/mol. The summed E-state index contributed by atoms with van der Waals surface area (Å²) in [5.41, 5.74) is 0. The molecule has 0 amide bonds. The molecule has 0 aromatic heterocycles. The van der Waals surface area contributed by atoms with Gasteiger partial charge in [-0.15, -0.1) is 13.2 Å². The molecule has 0 unspecified atom stereocenters. The highest BCUT2D eigenvalue weighted by molar-refractivity contribution is 9.10. The third kappa shape index (κ3) is 5.10. The lowest BCUT2D eigenvalue weighted by atomic mass is 9.98. The minimum Gasteiger partial charge on any atom is -0.466 e. The maximum absolute atomic E-state index is 12.8. The number of ether oxygens (including phenoxy) is 2. The van der Waals surface area contributed by atoms with Gasteiger partial charge in [-0.2, -0.15) is 4.31 Å². The topological polar surface area (TPSA) is 72.9 Å². The van der Waals surface area contributed by atoms with Crippen LogP contribution in [-0.2, 0) is 19.6 Å². The third-order valence-electron chi connectivity index (χ3n) is 3.82. The van der Waals surface area contributed by atoms with Crippen molar-refractivity contribution in [3.05, 3.63) is 22.7 Å². The van der Waals surface area contributed by atoms with E-state index in [1.54, 1.807) is 6.92 Å². The van der Waals surface area contributed by atoms with Crippen LogP contribution >= 0.6 is 15.9 Å². The Kier molecular flexibility index (Phi) is 6.56. The van der Waals surface area contributed by atoms with Crippen LogP contribution in [0.3, 0.4) is 0 Å². The first-order chi connectivity index (χ1) is 12.0. The van der Waals surface area contributed by atoms with Gasteiger partial charge in [0.2, 0.25) is 10.0 Å². The molecule has 1 aromatic rings. The predicted octanol–water partition coefficient (Wildman–Crippen LogP) is 3.31. The number of nitrogens with zero attached hydrogens (tertiary/aromatic N) is 1. The Labute approximate surface area is 157 Å². The molecular weight excluding hydrogens is 443 g/mol. The summed E-state index contributed by atoms with van der Waals surface area (Å²) in [7, 11) is -4.21. The third-order valence-corrected chi connectivity index (χ3v) is 6.25. The quantitative estimate of drug-likeness (QED) is 0.631. The number of benzene rings is 1. The Morgan fingerprint density at radius 2 is 1.92 bits per heavy atom. The van der Waals surface area contributed by atoms with Crippen molar-refractivity contribution in [2.24, 2.45) is 5.92 Å². The molecule has 1 heterocycles. The number of esters is 1. The molecule has 26 heavy (non-hydrogen) atoms. The molecule has 1 fully saturated rings. The van der Waals surface area contributed by atoms with E-state index in [1.165, 1.54) is 6.07 Å². The molecule has 1 aliphatic rings. The van der Waals surface area contributed by atoms with Gasteiger partial charge in [0, 0.05) is 17.6 Å². The van der Waals surface area contributed by atoms with E-state index in [2.05, 4.69) is 20.7 Å². The maximum Gasteiger partial charge on any atom is 0.573 e. The van der Waals surface area contributed by atoms with Crippen LogP contribution in [0.15, 0.2) is 27.6 Å². The first-order valence-electron chi connectivity index (χ1n) is 7.76. The summed E-state index contributed by atoms with van der Waals surface area (Å²) in [6.07, 6.45) is -4.55. The number of carbonyl (C=O) groups is 1. The van der Waals surface area contributed by atoms with Crippen LogP contribution in [-0.4, -0.2) is 44.8 Å². The Morgan fingerprint density at radius 3 is 2.46 bits per heavy atom. The fourth-order valence-corrected chi connectivity index (χ4v) is 4.54. The van der Waals surface area contributed by atoms with Crippen LogP contribution in [0.1, 0.15) is 19.8 Å². The Hall–Kier alpha value is -1.33. The van der Waals surface area contributed by atoms with Crippen molar-refractivity contribution in [1.29, 1.82) is 0 Å². The van der Waals surface area contributed by atoms with E-state index < -0.39 is 38.9 Å². The molecule has 0 radical (unpaired) electrons. The van der Waals surface area contributed by atoms with Gasteiger partial charge in [0.25, 0.3) is 0 Å². The predicted molar refractivity (Wildman–Crippen MR) is 88.9 cm³/mol. The van der Waals surface area contributed by atoms with Crippen LogP contribution in [0, 0.1) is 5.92 Å². The van der Waals surface area contributed by atoms with Gasteiger partial charge in [0.1, 0.15) is 4.90 Å². The van der Waals surface area contributed by atoms with Crippen LogP contribution in [0.5, 0.6) is 5.75 Å². The normalized spacial score (nSPS) is 17.1. The Bertz CT molecular complexity index is 761. The highest BCUT2D eigenvalue weighted by atomic mass is 79.9. The smallest absolute Gasteiger partial charge is 0.466 e. The standard InChI is InChI=1S/C15H17BrF3NO5S/c1-2-24-14(21)10-5-7-20(8-6-10)26(22,23)13-4-3-11(16)9-12(13)25-15(17,18)19/h3-4,9-10H,2,5-8H2,1H3. The van der Waals surface area contributed by atoms with Crippen molar-refractivity contribution in [3.8, 4) is 5.75 Å². The van der Waals surface area contributed by atoms with Crippen molar-refractivity contribution in [2.45, 2.75) is 31.0 Å². The second-order valence-electron chi connectivity index (χ2n) is 5.57. The van der Waals surface area contributed by atoms with Gasteiger partial charge in [-0.05, 0) is 38.0 Å². The average Bonchev–Trinajstić information content (AvgIpc) is 2.53. The molecule has 0 spiro atoms. The average molecular weight is 460 g/mol. The number of alkyl halides is 3. The lowest BCUT2D eigenvalue weighted by molar-refractivity contribution is -0.275. The fourth-order valence-electron chi connectivity index (χ4n) is 2.63. The van der Waals surface area contributed by atoms with E-state index in [-0.39, 0.29) is 37.0 Å². The second-order valence-corrected chi connectivity index (χ2v) is 8.39. The molecule has 0 bridgehead atoms. The van der Waals surface area contributed by atoms with Gasteiger partial charge in [0.05, 0.1) is 12.5 Å². The van der Waals surface area contributed by atoms with E-state index in [0.29, 0.717) is 0 Å². The number of halogens is 4. The molecular formula is C15H17BrF3NO5S. The largest absolute Gasteiger partial charge is 0.573 e. The van der Waals surface area contributed by atoms with Crippen molar-refractivity contribution in [2.75, 3.05) is 19.7 Å². The van der Waals surface area contributed by atoms with E-state index in [9.17, 15) is 26.4 Å². The maximum atomic E-state index is 12.8. The molecule has 1 saturated heterocycles. The molecule has 0 N–H and O–H groups in total. The van der Waals surface area contributed by atoms with E-state index >= 15 is 0 Å². The van der Waals surface area contributed by atoms with E-state index in [4.69, 9.17) is 4.74 Å².